The van der Waals surface area contributed by atoms with E-state index in [-0.39, 0.29) is 0 Å². The molecule has 0 bridgehead atoms. The lowest BCUT2D eigenvalue weighted by Crippen LogP contribution is -2.30. The fourth-order valence-electron chi connectivity index (χ4n) is 2.24. The van der Waals surface area contributed by atoms with Crippen molar-refractivity contribution in [1.29, 1.82) is 0 Å². The molecule has 0 fully saturated rings. The average molecular weight is 235 g/mol. The van der Waals surface area contributed by atoms with Gasteiger partial charge >= 0.3 is 0 Å². The highest BCUT2D eigenvalue weighted by Gasteiger charge is 2.24. The Kier molecular flexibility index (Phi) is 4.30. The van der Waals surface area contributed by atoms with Gasteiger partial charge in [0.15, 0.2) is 0 Å². The summed E-state index contributed by atoms with van der Waals surface area (Å²) in [5.41, 5.74) is 3.11. The SMILES string of the molecule is CSC(C)CCNCC1Cc2ccccc21. The second-order valence-electron chi connectivity index (χ2n) is 4.64. The quantitative estimate of drug-likeness (QED) is 0.761. The maximum Gasteiger partial charge on any atom is 0.00280 e. The van der Waals surface area contributed by atoms with Crippen molar-refractivity contribution in [3.8, 4) is 0 Å². The van der Waals surface area contributed by atoms with E-state index in [1.54, 1.807) is 11.1 Å². The van der Waals surface area contributed by atoms with Gasteiger partial charge in [0, 0.05) is 17.7 Å². The van der Waals surface area contributed by atoms with Crippen LogP contribution in [0.2, 0.25) is 0 Å². The Bertz CT molecular complexity index is 337. The Hall–Kier alpha value is -0.470. The molecular weight excluding hydrogens is 214 g/mol. The van der Waals surface area contributed by atoms with Crippen molar-refractivity contribution in [2.45, 2.75) is 30.9 Å². The maximum atomic E-state index is 3.58. The topological polar surface area (TPSA) is 12.0 Å². The van der Waals surface area contributed by atoms with Gasteiger partial charge in [-0.3, -0.25) is 0 Å². The average Bonchev–Trinajstić information content (AvgIpc) is 2.29. The molecular formula is C14H21NS. The molecule has 0 saturated carbocycles. The predicted molar refractivity (Wildman–Crippen MR) is 73.4 cm³/mol. The minimum atomic E-state index is 0.765. The van der Waals surface area contributed by atoms with Crippen LogP contribution >= 0.6 is 11.8 Å². The summed E-state index contributed by atoms with van der Waals surface area (Å²) in [5, 5.41) is 4.36. The summed E-state index contributed by atoms with van der Waals surface area (Å²) in [7, 11) is 0. The molecule has 0 aliphatic heterocycles. The molecule has 1 aromatic carbocycles. The van der Waals surface area contributed by atoms with Crippen molar-refractivity contribution < 1.29 is 0 Å². The van der Waals surface area contributed by atoms with Gasteiger partial charge in [0.2, 0.25) is 0 Å². The number of nitrogens with one attached hydrogen (secondary N) is 1. The van der Waals surface area contributed by atoms with E-state index in [0.717, 1.165) is 24.3 Å². The molecule has 0 aromatic heterocycles. The van der Waals surface area contributed by atoms with E-state index in [4.69, 9.17) is 0 Å². The zero-order chi connectivity index (χ0) is 11.4. The summed E-state index contributed by atoms with van der Waals surface area (Å²) < 4.78 is 0. The number of rotatable bonds is 6. The summed E-state index contributed by atoms with van der Waals surface area (Å²) in [6.07, 6.45) is 4.73. The lowest BCUT2D eigenvalue weighted by molar-refractivity contribution is 0.529. The molecule has 0 spiro atoms. The van der Waals surface area contributed by atoms with E-state index in [1.165, 1.54) is 12.8 Å². The lowest BCUT2D eigenvalue weighted by atomic mass is 9.77. The highest BCUT2D eigenvalue weighted by atomic mass is 32.2. The van der Waals surface area contributed by atoms with E-state index in [0.29, 0.717) is 0 Å². The van der Waals surface area contributed by atoms with Crippen LogP contribution in [-0.2, 0) is 6.42 Å². The van der Waals surface area contributed by atoms with Gasteiger partial charge in [-0.1, -0.05) is 31.2 Å². The molecule has 2 rings (SSSR count). The lowest BCUT2D eigenvalue weighted by Gasteiger charge is -2.30. The minimum Gasteiger partial charge on any atom is -0.316 e. The molecule has 1 N–H and O–H groups in total. The first kappa shape index (κ1) is 12.0. The molecule has 2 heteroatoms. The highest BCUT2D eigenvalue weighted by molar-refractivity contribution is 7.99. The van der Waals surface area contributed by atoms with E-state index < -0.39 is 0 Å². The van der Waals surface area contributed by atoms with Crippen molar-refractivity contribution >= 4 is 11.8 Å². The monoisotopic (exact) mass is 235 g/mol. The third-order valence-corrected chi connectivity index (χ3v) is 4.52. The Labute approximate surface area is 103 Å². The number of hydrogen-bond donors (Lipinski definition) is 1. The van der Waals surface area contributed by atoms with Crippen molar-refractivity contribution in [3.63, 3.8) is 0 Å². The molecule has 0 saturated heterocycles. The highest BCUT2D eigenvalue weighted by Crippen LogP contribution is 2.33. The van der Waals surface area contributed by atoms with Crippen LogP contribution in [0.25, 0.3) is 0 Å². The molecule has 16 heavy (non-hydrogen) atoms. The van der Waals surface area contributed by atoms with Crippen molar-refractivity contribution in [2.24, 2.45) is 0 Å². The molecule has 1 aliphatic rings. The van der Waals surface area contributed by atoms with Gasteiger partial charge in [-0.25, -0.2) is 0 Å². The van der Waals surface area contributed by atoms with Crippen LogP contribution in [0, 0.1) is 0 Å². The molecule has 0 amide bonds. The largest absolute Gasteiger partial charge is 0.316 e. The summed E-state index contributed by atoms with van der Waals surface area (Å²) in [6.45, 7) is 4.60. The van der Waals surface area contributed by atoms with Gasteiger partial charge in [-0.15, -0.1) is 0 Å². The summed E-state index contributed by atoms with van der Waals surface area (Å²) >= 11 is 1.95. The number of hydrogen-bond acceptors (Lipinski definition) is 2. The van der Waals surface area contributed by atoms with Crippen molar-refractivity contribution in [1.82, 2.24) is 5.32 Å². The molecule has 1 aliphatic carbocycles. The number of fused-ring (bicyclic) bond motifs is 1. The molecule has 1 aromatic rings. The van der Waals surface area contributed by atoms with Gasteiger partial charge in [-0.05, 0) is 36.8 Å². The van der Waals surface area contributed by atoms with Gasteiger partial charge in [-0.2, -0.15) is 11.8 Å². The Morgan fingerprint density at radius 1 is 1.44 bits per heavy atom. The van der Waals surface area contributed by atoms with E-state index in [1.807, 2.05) is 11.8 Å². The first-order valence-electron chi connectivity index (χ1n) is 6.12. The smallest absolute Gasteiger partial charge is 0.00280 e. The second kappa shape index (κ2) is 5.74. The first-order valence-corrected chi connectivity index (χ1v) is 7.41. The van der Waals surface area contributed by atoms with Crippen LogP contribution in [0.5, 0.6) is 0 Å². The normalized spacial score (nSPS) is 20.0. The zero-order valence-electron chi connectivity index (χ0n) is 10.2. The molecule has 2 atom stereocenters. The summed E-state index contributed by atoms with van der Waals surface area (Å²) in [5.74, 6) is 0.765. The van der Waals surface area contributed by atoms with E-state index in [2.05, 4.69) is 42.8 Å². The molecule has 0 radical (unpaired) electrons. The zero-order valence-corrected chi connectivity index (χ0v) is 11.0. The van der Waals surface area contributed by atoms with Crippen molar-refractivity contribution in [3.05, 3.63) is 35.4 Å². The number of thioether (sulfide) groups is 1. The Balaban J connectivity index is 1.66. The third kappa shape index (κ3) is 2.80. The third-order valence-electron chi connectivity index (χ3n) is 3.48. The van der Waals surface area contributed by atoms with Crippen LogP contribution < -0.4 is 5.32 Å². The molecule has 0 heterocycles. The van der Waals surface area contributed by atoms with Gasteiger partial charge in [0.1, 0.15) is 0 Å². The Morgan fingerprint density at radius 2 is 2.25 bits per heavy atom. The fraction of sp³-hybridized carbons (Fsp3) is 0.571. The van der Waals surface area contributed by atoms with Crippen molar-refractivity contribution in [2.75, 3.05) is 19.3 Å². The predicted octanol–water partition coefficient (Wildman–Crippen LogP) is 3.06. The van der Waals surface area contributed by atoms with E-state index in [9.17, 15) is 0 Å². The van der Waals surface area contributed by atoms with E-state index >= 15 is 0 Å². The van der Waals surface area contributed by atoms with Crippen LogP contribution in [0.1, 0.15) is 30.4 Å². The molecule has 88 valence electrons. The summed E-state index contributed by atoms with van der Waals surface area (Å²) in [4.78, 5) is 0. The van der Waals surface area contributed by atoms with Crippen LogP contribution in [0.3, 0.4) is 0 Å². The summed E-state index contributed by atoms with van der Waals surface area (Å²) in [6, 6.07) is 8.82. The Morgan fingerprint density at radius 3 is 3.00 bits per heavy atom. The maximum absolute atomic E-state index is 3.58. The molecule has 2 unspecified atom stereocenters. The van der Waals surface area contributed by atoms with Crippen LogP contribution in [0.15, 0.2) is 24.3 Å². The fourth-order valence-corrected chi connectivity index (χ4v) is 2.60. The number of benzene rings is 1. The van der Waals surface area contributed by atoms with Gasteiger partial charge in [0.05, 0.1) is 0 Å². The minimum absolute atomic E-state index is 0.765. The second-order valence-corrected chi connectivity index (χ2v) is 5.92. The van der Waals surface area contributed by atoms with Crippen LogP contribution in [0.4, 0.5) is 0 Å². The molecule has 1 nitrogen and oxygen atoms in total. The first-order chi connectivity index (χ1) is 7.81. The standard InChI is InChI=1S/C14H21NS/c1-11(16-2)7-8-15-10-13-9-12-5-3-4-6-14(12)13/h3-6,11,13,15H,7-10H2,1-2H3. The van der Waals surface area contributed by atoms with Crippen LogP contribution in [-0.4, -0.2) is 24.6 Å². The van der Waals surface area contributed by atoms with Gasteiger partial charge < -0.3 is 5.32 Å². The van der Waals surface area contributed by atoms with Gasteiger partial charge in [0.25, 0.3) is 0 Å².